The molecule has 15 atom stereocenters. The molecule has 39 heavy (non-hydrogen) atoms. The van der Waals surface area contributed by atoms with Crippen molar-refractivity contribution in [2.24, 2.45) is 46.3 Å². The van der Waals surface area contributed by atoms with Crippen LogP contribution >= 0.6 is 11.8 Å². The van der Waals surface area contributed by atoms with Crippen molar-refractivity contribution in [3.63, 3.8) is 0 Å². The van der Waals surface area contributed by atoms with Crippen LogP contribution in [0.5, 0.6) is 0 Å². The van der Waals surface area contributed by atoms with Gasteiger partial charge in [0.25, 0.3) is 0 Å². The maximum atomic E-state index is 10.4. The van der Waals surface area contributed by atoms with Crippen LogP contribution in [-0.2, 0) is 14.2 Å². The molecule has 3 heterocycles. The van der Waals surface area contributed by atoms with Gasteiger partial charge < -0.3 is 29.5 Å². The lowest BCUT2D eigenvalue weighted by Gasteiger charge is -2.58. The topological polar surface area (TPSA) is 88.4 Å². The van der Waals surface area contributed by atoms with Gasteiger partial charge in [-0.1, -0.05) is 39.3 Å². The Bertz CT molecular complexity index is 980. The monoisotopic (exact) mass is 562 g/mol. The predicted octanol–water partition coefficient (Wildman–Crippen LogP) is 4.89. The van der Waals surface area contributed by atoms with E-state index >= 15 is 0 Å². The molecule has 3 saturated carbocycles. The number of hydrogen-bond acceptors (Lipinski definition) is 7. The average Bonchev–Trinajstić information content (AvgIpc) is 3.36. The van der Waals surface area contributed by atoms with Gasteiger partial charge in [0.15, 0.2) is 6.29 Å². The molecule has 1 spiro atoms. The molecule has 3 aliphatic heterocycles. The molecule has 3 N–H and O–H groups in total. The zero-order chi connectivity index (χ0) is 27.3. The molecule has 7 rings (SSSR count). The quantitative estimate of drug-likeness (QED) is 0.413. The zero-order valence-electron chi connectivity index (χ0n) is 24.3. The molecular formula is C32H50O6S. The highest BCUT2D eigenvalue weighted by Gasteiger charge is 2.68. The number of allylic oxidation sites excluding steroid dienone is 1. The van der Waals surface area contributed by atoms with Crippen LogP contribution in [0.25, 0.3) is 0 Å². The lowest BCUT2D eigenvalue weighted by atomic mass is 9.47. The van der Waals surface area contributed by atoms with Gasteiger partial charge in [0, 0.05) is 5.92 Å². The van der Waals surface area contributed by atoms with Crippen molar-refractivity contribution >= 4 is 11.8 Å². The number of aliphatic hydroxyl groups is 3. The number of hydrogen-bond donors (Lipinski definition) is 3. The number of aliphatic hydroxyl groups excluding tert-OH is 3. The summed E-state index contributed by atoms with van der Waals surface area (Å²) >= 11 is 2.14. The van der Waals surface area contributed by atoms with Gasteiger partial charge in [-0.05, 0) is 104 Å². The summed E-state index contributed by atoms with van der Waals surface area (Å²) in [6.07, 6.45) is 9.10. The van der Waals surface area contributed by atoms with Gasteiger partial charge in [-0.3, -0.25) is 0 Å². The van der Waals surface area contributed by atoms with E-state index in [1.807, 2.05) is 0 Å². The molecule has 0 amide bonds. The van der Waals surface area contributed by atoms with E-state index in [-0.39, 0.29) is 23.1 Å². The third kappa shape index (κ3) is 4.11. The number of thioether (sulfide) groups is 1. The molecule has 3 saturated heterocycles. The van der Waals surface area contributed by atoms with Gasteiger partial charge in [0.1, 0.15) is 23.2 Å². The average molecular weight is 563 g/mol. The van der Waals surface area contributed by atoms with E-state index in [4.69, 9.17) is 14.2 Å². The van der Waals surface area contributed by atoms with Crippen LogP contribution in [0.1, 0.15) is 85.5 Å². The van der Waals surface area contributed by atoms with Crippen LogP contribution in [0.2, 0.25) is 0 Å². The molecular weight excluding hydrogens is 512 g/mol. The number of ether oxygens (including phenoxy) is 3. The lowest BCUT2D eigenvalue weighted by Crippen LogP contribution is -2.55. The van der Waals surface area contributed by atoms with Gasteiger partial charge in [-0.15, -0.1) is 11.8 Å². The number of rotatable bonds is 2. The first-order valence-corrected chi connectivity index (χ1v) is 16.9. The van der Waals surface area contributed by atoms with Crippen LogP contribution in [0.4, 0.5) is 0 Å². The third-order valence-electron chi connectivity index (χ3n) is 13.1. The van der Waals surface area contributed by atoms with Gasteiger partial charge in [0.05, 0.1) is 18.8 Å². The second-order valence-electron chi connectivity index (χ2n) is 15.0. The Balaban J connectivity index is 1.06. The Morgan fingerprint density at radius 3 is 2.59 bits per heavy atom. The summed E-state index contributed by atoms with van der Waals surface area (Å²) in [4.78, 5) is 0.0699. The molecule has 0 radical (unpaired) electrons. The van der Waals surface area contributed by atoms with Crippen molar-refractivity contribution in [3.05, 3.63) is 11.6 Å². The Kier molecular flexibility index (Phi) is 6.87. The lowest BCUT2D eigenvalue weighted by molar-refractivity contribution is -0.284. The van der Waals surface area contributed by atoms with Crippen molar-refractivity contribution in [2.45, 2.75) is 127 Å². The first-order chi connectivity index (χ1) is 18.6. The molecule has 7 aliphatic rings. The molecule has 0 aromatic heterocycles. The highest BCUT2D eigenvalue weighted by atomic mass is 32.2. The first-order valence-electron chi connectivity index (χ1n) is 15.9. The van der Waals surface area contributed by atoms with E-state index in [0.717, 1.165) is 42.9 Å². The molecule has 6 nitrogen and oxygen atoms in total. The van der Waals surface area contributed by atoms with Crippen molar-refractivity contribution < 1.29 is 29.5 Å². The Hall–Kier alpha value is -0.150. The molecule has 4 aliphatic carbocycles. The van der Waals surface area contributed by atoms with Gasteiger partial charge in [0.2, 0.25) is 0 Å². The molecule has 220 valence electrons. The molecule has 0 bridgehead atoms. The fraction of sp³-hybridized carbons (Fsp3) is 0.938. The van der Waals surface area contributed by atoms with E-state index in [1.165, 1.54) is 49.9 Å². The summed E-state index contributed by atoms with van der Waals surface area (Å²) in [5, 5.41) is 30.2. The Morgan fingerprint density at radius 2 is 1.82 bits per heavy atom. The summed E-state index contributed by atoms with van der Waals surface area (Å²) in [5.74, 6) is 5.62. The summed E-state index contributed by atoms with van der Waals surface area (Å²) in [5.41, 5.74) is 2.14. The second kappa shape index (κ2) is 9.68. The van der Waals surface area contributed by atoms with Crippen LogP contribution in [0, 0.1) is 46.3 Å². The molecule has 7 heteroatoms. The number of fused-ring (bicyclic) bond motifs is 7. The van der Waals surface area contributed by atoms with Crippen LogP contribution in [0.15, 0.2) is 11.6 Å². The van der Waals surface area contributed by atoms with Crippen LogP contribution in [-0.4, -0.2) is 69.4 Å². The first kappa shape index (κ1) is 27.7. The summed E-state index contributed by atoms with van der Waals surface area (Å²) in [6.45, 7) is 10.1. The van der Waals surface area contributed by atoms with E-state index in [0.29, 0.717) is 23.4 Å². The van der Waals surface area contributed by atoms with Gasteiger partial charge in [-0.2, -0.15) is 0 Å². The maximum absolute atomic E-state index is 10.4. The van der Waals surface area contributed by atoms with Crippen molar-refractivity contribution in [1.82, 2.24) is 0 Å². The Morgan fingerprint density at radius 1 is 1.00 bits per heavy atom. The second-order valence-corrected chi connectivity index (χ2v) is 16.3. The van der Waals surface area contributed by atoms with Crippen molar-refractivity contribution in [2.75, 3.05) is 12.4 Å². The van der Waals surface area contributed by atoms with E-state index in [1.54, 1.807) is 0 Å². The fourth-order valence-electron chi connectivity index (χ4n) is 10.8. The minimum absolute atomic E-state index is 0.0107. The molecule has 0 unspecified atom stereocenters. The standard InChI is InChI=1S/C32H50O6S/c1-17-7-12-32(39-16-17)18(2)26-25(38-32)14-23-21-6-5-19-13-20(37-29-28(35)27(34)24(33)15-36-29)8-10-30(19,3)22(21)9-11-31(23,26)4/h5,17-18,20-29,33-35H,6-16H2,1-4H3/t17-,18+,20+,21-,22+,23+,24+,25+,26+,27+,28-,29+,30+,31+,32+/m1/s1. The summed E-state index contributed by atoms with van der Waals surface area (Å²) < 4.78 is 18.9. The Labute approximate surface area is 238 Å². The van der Waals surface area contributed by atoms with E-state index in [9.17, 15) is 15.3 Å². The maximum Gasteiger partial charge on any atom is 0.186 e. The van der Waals surface area contributed by atoms with Crippen molar-refractivity contribution in [1.29, 1.82) is 0 Å². The predicted molar refractivity (Wildman–Crippen MR) is 151 cm³/mol. The summed E-state index contributed by atoms with van der Waals surface area (Å²) in [7, 11) is 0. The van der Waals surface area contributed by atoms with Crippen LogP contribution in [0.3, 0.4) is 0 Å². The highest BCUT2D eigenvalue weighted by Crippen LogP contribution is 2.71. The summed E-state index contributed by atoms with van der Waals surface area (Å²) in [6, 6.07) is 0. The zero-order valence-corrected chi connectivity index (χ0v) is 25.1. The molecule has 0 aromatic rings. The SMILES string of the molecule is C[C@@H]1CC[C@]2(O[C@H]3C[C@H]4[C@@H]5CC=C6C[C@@H](O[C@@H]7OC[C@H](O)[C@H](O)[C@H]7O)CC[C@]6(C)[C@H]5CC[C@]4(C)[C@H]3[C@@H]2C)SC1. The minimum Gasteiger partial charge on any atom is -0.388 e. The normalized spacial score (nSPS) is 58.8. The fourth-order valence-corrected chi connectivity index (χ4v) is 12.4. The van der Waals surface area contributed by atoms with Gasteiger partial charge in [-0.25, -0.2) is 0 Å². The van der Waals surface area contributed by atoms with Crippen molar-refractivity contribution in [3.8, 4) is 0 Å². The van der Waals surface area contributed by atoms with Crippen LogP contribution < -0.4 is 0 Å². The van der Waals surface area contributed by atoms with E-state index < -0.39 is 24.6 Å². The highest BCUT2D eigenvalue weighted by molar-refractivity contribution is 8.00. The molecule has 0 aromatic carbocycles. The largest absolute Gasteiger partial charge is 0.388 e. The smallest absolute Gasteiger partial charge is 0.186 e. The molecule has 6 fully saturated rings. The minimum atomic E-state index is -1.23. The van der Waals surface area contributed by atoms with E-state index in [2.05, 4.69) is 45.5 Å². The third-order valence-corrected chi connectivity index (χ3v) is 15.0. The van der Waals surface area contributed by atoms with Gasteiger partial charge >= 0.3 is 0 Å².